The summed E-state index contributed by atoms with van der Waals surface area (Å²) in [5.74, 6) is -0.423. The first kappa shape index (κ1) is 21.1. The molecule has 0 fully saturated rings. The van der Waals surface area contributed by atoms with Crippen LogP contribution in [-0.2, 0) is 0 Å². The molecule has 8 N–H and O–H groups in total. The standard InChI is InChI=1S/C9H22N2.C8H8N2O2/c1-8(7-11)6-9(2,3)4-5-10;9-7(11)5-1-2-6(4-3-5)8(10)12/h8H,4-7,10-11H2,1-3H3;1-4H,(H2,9,11)(H2,10,12). The van der Waals surface area contributed by atoms with Crippen LogP contribution in [0.25, 0.3) is 0 Å². The molecule has 6 heteroatoms. The van der Waals surface area contributed by atoms with Crippen molar-refractivity contribution in [1.29, 1.82) is 0 Å². The smallest absolute Gasteiger partial charge is 0.248 e. The molecule has 1 aromatic rings. The van der Waals surface area contributed by atoms with E-state index in [4.69, 9.17) is 22.9 Å². The zero-order chi connectivity index (χ0) is 18.0. The molecule has 1 rings (SSSR count). The Morgan fingerprint density at radius 2 is 1.39 bits per heavy atom. The fraction of sp³-hybridized carbons (Fsp3) is 0.529. The SMILES string of the molecule is CC(CN)CC(C)(C)CCN.NC(=O)c1ccc(C(N)=O)cc1. The van der Waals surface area contributed by atoms with Gasteiger partial charge in [0.1, 0.15) is 0 Å². The van der Waals surface area contributed by atoms with Gasteiger partial charge in [0.05, 0.1) is 0 Å². The normalized spacial score (nSPS) is 12.0. The van der Waals surface area contributed by atoms with Crippen molar-refractivity contribution in [3.8, 4) is 0 Å². The average Bonchev–Trinajstić information content (AvgIpc) is 2.47. The van der Waals surface area contributed by atoms with Gasteiger partial charge < -0.3 is 22.9 Å². The quantitative estimate of drug-likeness (QED) is 0.599. The van der Waals surface area contributed by atoms with Crippen molar-refractivity contribution in [3.05, 3.63) is 35.4 Å². The zero-order valence-corrected chi connectivity index (χ0v) is 14.3. The summed E-state index contributed by atoms with van der Waals surface area (Å²) >= 11 is 0. The number of nitrogens with two attached hydrogens (primary N) is 4. The lowest BCUT2D eigenvalue weighted by Crippen LogP contribution is -2.23. The molecule has 0 radical (unpaired) electrons. The van der Waals surface area contributed by atoms with Gasteiger partial charge in [-0.2, -0.15) is 0 Å². The van der Waals surface area contributed by atoms with E-state index in [1.54, 1.807) is 0 Å². The van der Waals surface area contributed by atoms with Crippen LogP contribution in [-0.4, -0.2) is 24.9 Å². The molecular formula is C17H30N4O2. The van der Waals surface area contributed by atoms with Crippen LogP contribution in [0.15, 0.2) is 24.3 Å². The predicted octanol–water partition coefficient (Wildman–Crippen LogP) is 1.23. The molecule has 0 spiro atoms. The second-order valence-electron chi connectivity index (χ2n) is 6.55. The van der Waals surface area contributed by atoms with Crippen LogP contribution in [0.5, 0.6) is 0 Å². The van der Waals surface area contributed by atoms with Crippen LogP contribution in [0.1, 0.15) is 54.3 Å². The first-order valence-electron chi connectivity index (χ1n) is 7.72. The maximum atomic E-state index is 10.6. The Morgan fingerprint density at radius 3 is 1.65 bits per heavy atom. The molecule has 6 nitrogen and oxygen atoms in total. The second-order valence-corrected chi connectivity index (χ2v) is 6.55. The van der Waals surface area contributed by atoms with E-state index in [0.717, 1.165) is 19.5 Å². The lowest BCUT2D eigenvalue weighted by atomic mass is 9.81. The highest BCUT2D eigenvalue weighted by atomic mass is 16.1. The molecule has 0 saturated heterocycles. The van der Waals surface area contributed by atoms with Crippen molar-refractivity contribution in [3.63, 3.8) is 0 Å². The monoisotopic (exact) mass is 322 g/mol. The number of amides is 2. The first-order valence-corrected chi connectivity index (χ1v) is 7.72. The molecule has 0 saturated carbocycles. The van der Waals surface area contributed by atoms with Crippen molar-refractivity contribution in [2.24, 2.45) is 34.3 Å². The largest absolute Gasteiger partial charge is 0.366 e. The number of hydrogen-bond acceptors (Lipinski definition) is 4. The van der Waals surface area contributed by atoms with E-state index in [1.165, 1.54) is 30.7 Å². The van der Waals surface area contributed by atoms with E-state index >= 15 is 0 Å². The van der Waals surface area contributed by atoms with Gasteiger partial charge in [-0.15, -0.1) is 0 Å². The maximum Gasteiger partial charge on any atom is 0.248 e. The summed E-state index contributed by atoms with van der Waals surface area (Å²) < 4.78 is 0. The maximum absolute atomic E-state index is 10.6. The van der Waals surface area contributed by atoms with E-state index < -0.39 is 11.8 Å². The highest BCUT2D eigenvalue weighted by Gasteiger charge is 2.19. The Hall–Kier alpha value is -1.92. The molecule has 23 heavy (non-hydrogen) atoms. The van der Waals surface area contributed by atoms with E-state index in [9.17, 15) is 9.59 Å². The van der Waals surface area contributed by atoms with Gasteiger partial charge in [0.2, 0.25) is 11.8 Å². The van der Waals surface area contributed by atoms with Crippen molar-refractivity contribution in [2.75, 3.05) is 13.1 Å². The van der Waals surface area contributed by atoms with Gasteiger partial charge in [-0.05, 0) is 61.5 Å². The fourth-order valence-electron chi connectivity index (χ4n) is 2.32. The van der Waals surface area contributed by atoms with Crippen molar-refractivity contribution >= 4 is 11.8 Å². The fourth-order valence-corrected chi connectivity index (χ4v) is 2.32. The molecule has 0 aliphatic carbocycles. The molecule has 2 amide bonds. The van der Waals surface area contributed by atoms with Crippen LogP contribution < -0.4 is 22.9 Å². The number of rotatable bonds is 7. The van der Waals surface area contributed by atoms with Gasteiger partial charge in [-0.25, -0.2) is 0 Å². The van der Waals surface area contributed by atoms with Crippen molar-refractivity contribution < 1.29 is 9.59 Å². The molecule has 0 aliphatic heterocycles. The molecule has 1 atom stereocenters. The molecule has 1 unspecified atom stereocenters. The minimum absolute atomic E-state index is 0.361. The third-order valence-electron chi connectivity index (χ3n) is 3.58. The molecule has 1 aromatic carbocycles. The lowest BCUT2D eigenvalue weighted by Gasteiger charge is -2.26. The Labute approximate surface area is 138 Å². The minimum Gasteiger partial charge on any atom is -0.366 e. The number of carbonyl (C=O) groups excluding carboxylic acids is 2. The molecule has 0 aliphatic rings. The summed E-state index contributed by atoms with van der Waals surface area (Å²) in [6, 6.07) is 5.84. The molecular weight excluding hydrogens is 292 g/mol. The van der Waals surface area contributed by atoms with E-state index in [2.05, 4.69) is 20.8 Å². The minimum atomic E-state index is -0.522. The van der Waals surface area contributed by atoms with Gasteiger partial charge in [0, 0.05) is 11.1 Å². The molecule has 0 heterocycles. The summed E-state index contributed by atoms with van der Waals surface area (Å²) in [5.41, 5.74) is 22.1. The highest BCUT2D eigenvalue weighted by Crippen LogP contribution is 2.27. The number of carbonyl (C=O) groups is 2. The Balaban J connectivity index is 0.000000423. The van der Waals surface area contributed by atoms with Crippen molar-refractivity contribution in [1.82, 2.24) is 0 Å². The van der Waals surface area contributed by atoms with Gasteiger partial charge in [0.15, 0.2) is 0 Å². The summed E-state index contributed by atoms with van der Waals surface area (Å²) in [6.45, 7) is 8.27. The molecule has 0 aromatic heterocycles. The highest BCUT2D eigenvalue weighted by molar-refractivity contribution is 5.96. The van der Waals surface area contributed by atoms with Crippen LogP contribution >= 0.6 is 0 Å². The lowest BCUT2D eigenvalue weighted by molar-refractivity contribution is 0.0988. The average molecular weight is 322 g/mol. The third kappa shape index (κ3) is 8.95. The van der Waals surface area contributed by atoms with Gasteiger partial charge in [-0.3, -0.25) is 9.59 Å². The second kappa shape index (κ2) is 9.97. The van der Waals surface area contributed by atoms with Crippen LogP contribution in [0.3, 0.4) is 0 Å². The van der Waals surface area contributed by atoms with Crippen molar-refractivity contribution in [2.45, 2.75) is 33.6 Å². The Morgan fingerprint density at radius 1 is 1.00 bits per heavy atom. The van der Waals surface area contributed by atoms with E-state index in [0.29, 0.717) is 22.5 Å². The first-order chi connectivity index (χ1) is 10.6. The van der Waals surface area contributed by atoms with Crippen LogP contribution in [0, 0.1) is 11.3 Å². The van der Waals surface area contributed by atoms with Gasteiger partial charge in [-0.1, -0.05) is 20.8 Å². The third-order valence-corrected chi connectivity index (χ3v) is 3.58. The topological polar surface area (TPSA) is 138 Å². The van der Waals surface area contributed by atoms with Crippen LogP contribution in [0.4, 0.5) is 0 Å². The van der Waals surface area contributed by atoms with Crippen LogP contribution in [0.2, 0.25) is 0 Å². The summed E-state index contributed by atoms with van der Waals surface area (Å²) in [5, 5.41) is 0. The zero-order valence-electron chi connectivity index (χ0n) is 14.3. The summed E-state index contributed by atoms with van der Waals surface area (Å²) in [7, 11) is 0. The van der Waals surface area contributed by atoms with Gasteiger partial charge in [0.25, 0.3) is 0 Å². The molecule has 130 valence electrons. The Kier molecular flexibility index (Phi) is 9.14. The summed E-state index contributed by atoms with van der Waals surface area (Å²) in [6.07, 6.45) is 2.28. The molecule has 0 bridgehead atoms. The number of primary amides is 2. The Bertz CT molecular complexity index is 465. The van der Waals surface area contributed by atoms with Gasteiger partial charge >= 0.3 is 0 Å². The number of hydrogen-bond donors (Lipinski definition) is 4. The summed E-state index contributed by atoms with van der Waals surface area (Å²) in [4.78, 5) is 21.2. The predicted molar refractivity (Wildman–Crippen MR) is 93.8 cm³/mol. The van der Waals surface area contributed by atoms with E-state index in [1.807, 2.05) is 0 Å². The number of benzene rings is 1. The van der Waals surface area contributed by atoms with E-state index in [-0.39, 0.29) is 0 Å².